The van der Waals surface area contributed by atoms with Gasteiger partial charge >= 0.3 is 0 Å². The van der Waals surface area contributed by atoms with Crippen LogP contribution in [-0.2, 0) is 22.6 Å². The van der Waals surface area contributed by atoms with E-state index in [1.54, 1.807) is 12.1 Å². The van der Waals surface area contributed by atoms with Crippen molar-refractivity contribution in [3.8, 4) is 0 Å². The lowest BCUT2D eigenvalue weighted by molar-refractivity contribution is -0.00308. The van der Waals surface area contributed by atoms with E-state index in [2.05, 4.69) is 4.90 Å². The molecule has 4 nitrogen and oxygen atoms in total. The van der Waals surface area contributed by atoms with Gasteiger partial charge in [0.15, 0.2) is 0 Å². The standard InChI is InChI=1S/C22H28FNO3/c23-22-11-5-4-9-19(22)13-24(15-21-10-6-12-27-21)14-20(25)17-26-16-18-7-2-1-3-8-18/h1-5,7-9,11,20-21,25H,6,10,12-17H2/t20-,21+/m1/s1. The molecular weight excluding hydrogens is 345 g/mol. The number of aliphatic hydroxyl groups is 1. The molecule has 146 valence electrons. The second-order valence-electron chi connectivity index (χ2n) is 7.08. The quantitative estimate of drug-likeness (QED) is 0.693. The maximum absolute atomic E-state index is 14.0. The zero-order chi connectivity index (χ0) is 18.9. The molecule has 2 aromatic rings. The second-order valence-corrected chi connectivity index (χ2v) is 7.08. The van der Waals surface area contributed by atoms with Gasteiger partial charge in [0.1, 0.15) is 5.82 Å². The van der Waals surface area contributed by atoms with Crippen LogP contribution in [0.25, 0.3) is 0 Å². The first-order valence-electron chi connectivity index (χ1n) is 9.58. The topological polar surface area (TPSA) is 41.9 Å². The van der Waals surface area contributed by atoms with E-state index in [9.17, 15) is 9.50 Å². The number of rotatable bonds is 10. The summed E-state index contributed by atoms with van der Waals surface area (Å²) >= 11 is 0. The van der Waals surface area contributed by atoms with Crippen LogP contribution in [0.15, 0.2) is 54.6 Å². The first kappa shape index (κ1) is 20.0. The van der Waals surface area contributed by atoms with Crippen LogP contribution >= 0.6 is 0 Å². The Morgan fingerprint density at radius 2 is 1.93 bits per heavy atom. The molecule has 1 N–H and O–H groups in total. The fourth-order valence-corrected chi connectivity index (χ4v) is 3.39. The summed E-state index contributed by atoms with van der Waals surface area (Å²) in [5.41, 5.74) is 1.71. The van der Waals surface area contributed by atoms with E-state index >= 15 is 0 Å². The van der Waals surface area contributed by atoms with E-state index in [1.165, 1.54) is 6.07 Å². The molecule has 1 aliphatic heterocycles. The summed E-state index contributed by atoms with van der Waals surface area (Å²) in [5, 5.41) is 10.4. The van der Waals surface area contributed by atoms with Gasteiger partial charge in [0, 0.05) is 31.8 Å². The average Bonchev–Trinajstić information content (AvgIpc) is 3.17. The van der Waals surface area contributed by atoms with Crippen molar-refractivity contribution in [2.24, 2.45) is 0 Å². The van der Waals surface area contributed by atoms with Crippen molar-refractivity contribution in [1.29, 1.82) is 0 Å². The highest BCUT2D eigenvalue weighted by molar-refractivity contribution is 5.17. The van der Waals surface area contributed by atoms with Gasteiger partial charge in [0.2, 0.25) is 0 Å². The zero-order valence-electron chi connectivity index (χ0n) is 15.6. The van der Waals surface area contributed by atoms with Gasteiger partial charge in [-0.15, -0.1) is 0 Å². The molecular formula is C22H28FNO3. The average molecular weight is 373 g/mol. The second kappa shape index (κ2) is 10.5. The van der Waals surface area contributed by atoms with Crippen LogP contribution in [0.2, 0.25) is 0 Å². The summed E-state index contributed by atoms with van der Waals surface area (Å²) in [4.78, 5) is 2.06. The van der Waals surface area contributed by atoms with Crippen LogP contribution < -0.4 is 0 Å². The van der Waals surface area contributed by atoms with Crippen molar-refractivity contribution in [2.45, 2.75) is 38.2 Å². The van der Waals surface area contributed by atoms with E-state index < -0.39 is 6.10 Å². The van der Waals surface area contributed by atoms with E-state index in [-0.39, 0.29) is 18.5 Å². The summed E-state index contributed by atoms with van der Waals surface area (Å²) in [6.07, 6.45) is 1.58. The van der Waals surface area contributed by atoms with Crippen LogP contribution in [0.5, 0.6) is 0 Å². The van der Waals surface area contributed by atoms with E-state index in [1.807, 2.05) is 36.4 Å². The Kier molecular flexibility index (Phi) is 7.78. The number of hydrogen-bond donors (Lipinski definition) is 1. The Morgan fingerprint density at radius 1 is 1.15 bits per heavy atom. The molecule has 0 amide bonds. The molecule has 3 rings (SSSR count). The number of hydrogen-bond acceptors (Lipinski definition) is 4. The van der Waals surface area contributed by atoms with Crippen molar-refractivity contribution >= 4 is 0 Å². The number of aliphatic hydroxyl groups excluding tert-OH is 1. The van der Waals surface area contributed by atoms with Gasteiger partial charge in [0.25, 0.3) is 0 Å². The van der Waals surface area contributed by atoms with Gasteiger partial charge < -0.3 is 14.6 Å². The third-order valence-corrected chi connectivity index (χ3v) is 4.73. The largest absolute Gasteiger partial charge is 0.389 e. The minimum absolute atomic E-state index is 0.147. The third-order valence-electron chi connectivity index (χ3n) is 4.73. The fraction of sp³-hybridized carbons (Fsp3) is 0.455. The van der Waals surface area contributed by atoms with Crippen LogP contribution in [0.4, 0.5) is 4.39 Å². The predicted octanol–water partition coefficient (Wildman–Crippen LogP) is 3.38. The number of ether oxygens (including phenoxy) is 2. The highest BCUT2D eigenvalue weighted by Gasteiger charge is 2.22. The van der Waals surface area contributed by atoms with Crippen LogP contribution in [0.1, 0.15) is 24.0 Å². The Labute approximate surface area is 160 Å². The Morgan fingerprint density at radius 3 is 2.67 bits per heavy atom. The van der Waals surface area contributed by atoms with E-state index in [0.29, 0.717) is 31.8 Å². The monoisotopic (exact) mass is 373 g/mol. The predicted molar refractivity (Wildman–Crippen MR) is 103 cm³/mol. The minimum Gasteiger partial charge on any atom is -0.389 e. The molecule has 1 aliphatic rings. The smallest absolute Gasteiger partial charge is 0.127 e. The highest BCUT2D eigenvalue weighted by Crippen LogP contribution is 2.17. The molecule has 0 unspecified atom stereocenters. The molecule has 2 aromatic carbocycles. The van der Waals surface area contributed by atoms with Crippen molar-refractivity contribution in [2.75, 3.05) is 26.3 Å². The van der Waals surface area contributed by atoms with Gasteiger partial charge in [-0.05, 0) is 24.5 Å². The summed E-state index contributed by atoms with van der Waals surface area (Å²) in [6.45, 7) is 3.04. The SMILES string of the molecule is O[C@@H](COCc1ccccc1)CN(Cc1ccccc1F)C[C@@H]1CCCO1. The first-order valence-corrected chi connectivity index (χ1v) is 9.58. The van der Waals surface area contributed by atoms with E-state index in [4.69, 9.17) is 9.47 Å². The summed E-state index contributed by atoms with van der Waals surface area (Å²) < 4.78 is 25.4. The maximum Gasteiger partial charge on any atom is 0.127 e. The van der Waals surface area contributed by atoms with Gasteiger partial charge in [-0.3, -0.25) is 4.90 Å². The van der Waals surface area contributed by atoms with Crippen LogP contribution in [-0.4, -0.2) is 48.5 Å². The normalized spacial score (nSPS) is 18.1. The fourth-order valence-electron chi connectivity index (χ4n) is 3.39. The molecule has 0 aliphatic carbocycles. The van der Waals surface area contributed by atoms with Gasteiger partial charge in [0.05, 0.1) is 25.4 Å². The molecule has 1 saturated heterocycles. The Bertz CT molecular complexity index is 676. The van der Waals surface area contributed by atoms with Crippen molar-refractivity contribution < 1.29 is 19.0 Å². The molecule has 0 spiro atoms. The summed E-state index contributed by atoms with van der Waals surface area (Å²) in [7, 11) is 0. The van der Waals surface area contributed by atoms with Crippen molar-refractivity contribution in [3.05, 3.63) is 71.5 Å². The highest BCUT2D eigenvalue weighted by atomic mass is 19.1. The van der Waals surface area contributed by atoms with Gasteiger partial charge in [-0.25, -0.2) is 4.39 Å². The van der Waals surface area contributed by atoms with Crippen LogP contribution in [0, 0.1) is 5.82 Å². The molecule has 27 heavy (non-hydrogen) atoms. The van der Waals surface area contributed by atoms with Crippen molar-refractivity contribution in [1.82, 2.24) is 4.90 Å². The summed E-state index contributed by atoms with van der Waals surface area (Å²) in [5.74, 6) is -0.218. The molecule has 0 saturated carbocycles. The number of benzene rings is 2. The molecule has 0 bridgehead atoms. The lowest BCUT2D eigenvalue weighted by Gasteiger charge is -2.27. The maximum atomic E-state index is 14.0. The Hall–Kier alpha value is -1.79. The number of nitrogens with zero attached hydrogens (tertiary/aromatic N) is 1. The zero-order valence-corrected chi connectivity index (χ0v) is 15.6. The van der Waals surface area contributed by atoms with Gasteiger partial charge in [-0.1, -0.05) is 48.5 Å². The molecule has 0 aromatic heterocycles. The molecule has 0 radical (unpaired) electrons. The van der Waals surface area contributed by atoms with Gasteiger partial charge in [-0.2, -0.15) is 0 Å². The molecule has 1 fully saturated rings. The molecule has 2 atom stereocenters. The number of halogens is 1. The first-order chi connectivity index (χ1) is 13.2. The molecule has 5 heteroatoms. The van der Waals surface area contributed by atoms with Crippen LogP contribution in [0.3, 0.4) is 0 Å². The van der Waals surface area contributed by atoms with E-state index in [0.717, 1.165) is 25.0 Å². The lowest BCUT2D eigenvalue weighted by atomic mass is 10.1. The summed E-state index contributed by atoms with van der Waals surface area (Å²) in [6, 6.07) is 16.7. The Balaban J connectivity index is 1.52. The van der Waals surface area contributed by atoms with Crippen molar-refractivity contribution in [3.63, 3.8) is 0 Å². The third kappa shape index (κ3) is 6.70. The lowest BCUT2D eigenvalue weighted by Crippen LogP contribution is -2.39. The molecule has 1 heterocycles. The minimum atomic E-state index is -0.637.